The van der Waals surface area contributed by atoms with E-state index < -0.39 is 58.8 Å². The van der Waals surface area contributed by atoms with Gasteiger partial charge >= 0.3 is 11.9 Å². The number of benzene rings is 2. The number of carbonyl (C=O) groups is 2. The molecule has 4 unspecified atom stereocenters. The van der Waals surface area contributed by atoms with E-state index in [0.717, 1.165) is 91.7 Å². The number of fused-ring (bicyclic) bond motifs is 6. The summed E-state index contributed by atoms with van der Waals surface area (Å²) in [5.74, 6) is -1.42. The molecule has 424 valence electrons. The summed E-state index contributed by atoms with van der Waals surface area (Å²) in [6.45, 7) is 23.9. The first-order chi connectivity index (χ1) is 37.7. The van der Waals surface area contributed by atoms with Crippen LogP contribution >= 0.6 is 0 Å². The van der Waals surface area contributed by atoms with Crippen LogP contribution in [0.3, 0.4) is 0 Å². The third-order valence-corrected chi connectivity index (χ3v) is 21.6. The standard InChI is InChI=1S/C65H83N2O12/c1-37-23-27-46-40(4)56(72-58-64(46)44(37)31-33-62(10,74-58)76-78-64)70-54(68)35-66-50-21-14-12-19-48(50)60(6,7)52(66)29-25-42-17-16-18-43(39(42)3)26-30-53-61(8,9)49-20-13-15-22-51(49)67(53)36-55(69)71-57-41(5)47-28-24-38(2)45-32-34-63(11)75-59(73-57)65(45,47)79-77-63/h12-15,19-22,25-26,29-30,37-38,40-41,44-47,56-59H,16-18,23-24,27-28,31-36H2,1-11H3/q+1/t37-,38-,40-,41-,44+,45+,46+,47+,56?,57?,58-,59-,62+,63+,64?,65?/m1/s1. The van der Waals surface area contributed by atoms with Crippen LogP contribution < -0.4 is 4.90 Å². The number of carbonyl (C=O) groups excluding carboxylic acids is 2. The summed E-state index contributed by atoms with van der Waals surface area (Å²) in [4.78, 5) is 55.8. The molecule has 2 saturated carbocycles. The van der Waals surface area contributed by atoms with Crippen molar-refractivity contribution in [1.82, 2.24) is 0 Å². The van der Waals surface area contributed by atoms with Crippen molar-refractivity contribution in [3.05, 3.63) is 106 Å². The SMILES string of the molecule is CC1=C(/C=C/C2=[N+](CC(=O)OC3O[C@@H]4O[C@]5(C)CC[C@H]6[C@H](C)CC[C@@H]([C@H]3C)C46OO5)c3ccccc3C2(C)C)CCC/C1=C\C=C1\N(CC(=O)OC2O[C@@H]3O[C@]4(C)CC[C@H]5[C@H](C)CC[C@@H]([C@H]2C)C35OO4)c2ccccc2C1(C)C. The Hall–Kier alpha value is -4.51. The summed E-state index contributed by atoms with van der Waals surface area (Å²) in [5.41, 5.74) is 7.82. The molecule has 2 spiro atoms. The maximum absolute atomic E-state index is 14.4. The molecule has 10 fully saturated rings. The highest BCUT2D eigenvalue weighted by atomic mass is 17.3. The van der Waals surface area contributed by atoms with E-state index in [1.807, 2.05) is 26.0 Å². The van der Waals surface area contributed by atoms with Gasteiger partial charge in [0.05, 0.1) is 5.41 Å². The average Bonchev–Trinajstić information content (AvgIpc) is 3.69. The normalized spacial score (nSPS) is 42.4. The van der Waals surface area contributed by atoms with Crippen molar-refractivity contribution in [3.8, 4) is 0 Å². The third kappa shape index (κ3) is 8.40. The highest BCUT2D eigenvalue weighted by Crippen LogP contribution is 2.63. The Morgan fingerprint density at radius 1 is 0.646 bits per heavy atom. The van der Waals surface area contributed by atoms with E-state index in [-0.39, 0.29) is 60.5 Å². The number of anilines is 1. The summed E-state index contributed by atoms with van der Waals surface area (Å²) in [5, 5.41) is 0. The van der Waals surface area contributed by atoms with Crippen LogP contribution in [-0.4, -0.2) is 83.3 Å². The summed E-state index contributed by atoms with van der Waals surface area (Å²) in [7, 11) is 0. The van der Waals surface area contributed by atoms with Crippen molar-refractivity contribution in [1.29, 1.82) is 0 Å². The molecule has 0 amide bonds. The molecule has 13 aliphatic rings. The number of allylic oxidation sites excluding steroid dienone is 8. The van der Waals surface area contributed by atoms with Gasteiger partial charge in [-0.1, -0.05) is 90.1 Å². The number of para-hydroxylation sites is 2. The fourth-order valence-electron chi connectivity index (χ4n) is 17.1. The molecule has 2 aromatic carbocycles. The zero-order valence-electron chi connectivity index (χ0n) is 48.3. The Labute approximate surface area is 466 Å². The molecule has 0 radical (unpaired) electrons. The molecule has 2 aromatic rings. The van der Waals surface area contributed by atoms with Gasteiger partial charge in [-0.05, 0) is 151 Å². The van der Waals surface area contributed by atoms with Crippen molar-refractivity contribution in [2.75, 3.05) is 18.0 Å². The fraction of sp³-hybridized carbons (Fsp3) is 0.646. The number of nitrogens with zero attached hydrogens (tertiary/aromatic N) is 2. The van der Waals surface area contributed by atoms with Gasteiger partial charge in [0.15, 0.2) is 29.5 Å². The van der Waals surface area contributed by atoms with Crippen LogP contribution in [0.15, 0.2) is 95.3 Å². The van der Waals surface area contributed by atoms with Crippen LogP contribution in [0.2, 0.25) is 0 Å². The van der Waals surface area contributed by atoms with Gasteiger partial charge in [-0.3, -0.25) is 4.79 Å². The van der Waals surface area contributed by atoms with Crippen LogP contribution in [0.4, 0.5) is 11.4 Å². The van der Waals surface area contributed by atoms with Gasteiger partial charge in [-0.25, -0.2) is 24.3 Å². The van der Waals surface area contributed by atoms with Crippen LogP contribution in [0.1, 0.15) is 158 Å². The monoisotopic (exact) mass is 1080 g/mol. The molecule has 79 heavy (non-hydrogen) atoms. The zero-order chi connectivity index (χ0) is 55.2. The molecule has 14 heteroatoms. The Kier molecular flexibility index (Phi) is 13.1. The van der Waals surface area contributed by atoms with Gasteiger partial charge in [-0.15, -0.1) is 0 Å². The van der Waals surface area contributed by atoms with E-state index >= 15 is 0 Å². The lowest BCUT2D eigenvalue weighted by Crippen LogP contribution is -2.70. The van der Waals surface area contributed by atoms with Gasteiger partial charge in [-0.2, -0.15) is 4.58 Å². The molecule has 14 nitrogen and oxygen atoms in total. The topological polar surface area (TPSA) is 133 Å². The van der Waals surface area contributed by atoms with Gasteiger partial charge < -0.3 is 33.3 Å². The van der Waals surface area contributed by atoms with Gasteiger partial charge in [0.2, 0.25) is 36.4 Å². The molecule has 4 bridgehead atoms. The van der Waals surface area contributed by atoms with Gasteiger partial charge in [0.1, 0.15) is 6.54 Å². The van der Waals surface area contributed by atoms with E-state index in [4.69, 9.17) is 48.0 Å². The molecular weight excluding hydrogens is 1000 g/mol. The summed E-state index contributed by atoms with van der Waals surface area (Å²) < 4.78 is 41.5. The maximum atomic E-state index is 14.4. The molecule has 15 rings (SSSR count). The minimum Gasteiger partial charge on any atom is -0.434 e. The van der Waals surface area contributed by atoms with E-state index in [1.165, 1.54) is 16.7 Å². The molecule has 10 aliphatic heterocycles. The largest absolute Gasteiger partial charge is 0.434 e. The summed E-state index contributed by atoms with van der Waals surface area (Å²) >= 11 is 0. The van der Waals surface area contributed by atoms with Crippen LogP contribution in [-0.2, 0) is 68.4 Å². The van der Waals surface area contributed by atoms with Crippen LogP contribution in [0.5, 0.6) is 0 Å². The van der Waals surface area contributed by atoms with Crippen molar-refractivity contribution in [3.63, 3.8) is 0 Å². The van der Waals surface area contributed by atoms with Crippen molar-refractivity contribution < 1.29 is 62.1 Å². The van der Waals surface area contributed by atoms with Crippen LogP contribution in [0.25, 0.3) is 0 Å². The second-order valence-corrected chi connectivity index (χ2v) is 26.9. The first kappa shape index (κ1) is 53.8. The number of hydrogen-bond acceptors (Lipinski definition) is 13. The molecule has 10 heterocycles. The lowest BCUT2D eigenvalue weighted by Gasteiger charge is -2.59. The molecule has 3 aliphatic carbocycles. The second kappa shape index (κ2) is 19.3. The van der Waals surface area contributed by atoms with E-state index in [9.17, 15) is 9.59 Å². The first-order valence-corrected chi connectivity index (χ1v) is 29.9. The number of ether oxygens (including phenoxy) is 6. The maximum Gasteiger partial charge on any atom is 0.375 e. The fourth-order valence-corrected chi connectivity index (χ4v) is 17.1. The highest BCUT2D eigenvalue weighted by Gasteiger charge is 2.71. The average molecular weight is 1080 g/mol. The van der Waals surface area contributed by atoms with Crippen molar-refractivity contribution in [2.24, 2.45) is 47.3 Å². The second-order valence-electron chi connectivity index (χ2n) is 26.9. The number of hydrogen-bond donors (Lipinski definition) is 0. The van der Waals surface area contributed by atoms with Gasteiger partial charge in [0, 0.05) is 71.0 Å². The predicted molar refractivity (Wildman–Crippen MR) is 294 cm³/mol. The Bertz CT molecular complexity index is 2980. The minimum absolute atomic E-state index is 0.0243. The van der Waals surface area contributed by atoms with Crippen molar-refractivity contribution in [2.45, 2.75) is 206 Å². The van der Waals surface area contributed by atoms with Crippen molar-refractivity contribution >= 4 is 29.0 Å². The minimum atomic E-state index is -0.920. The summed E-state index contributed by atoms with van der Waals surface area (Å²) in [6.07, 6.45) is 16.1. The molecule has 0 aromatic heterocycles. The lowest BCUT2D eigenvalue weighted by molar-refractivity contribution is -0.576. The highest BCUT2D eigenvalue weighted by molar-refractivity contribution is 6.03. The molecule has 0 N–H and O–H groups in total. The number of rotatable bonds is 9. The summed E-state index contributed by atoms with van der Waals surface area (Å²) in [6, 6.07) is 16.7. The first-order valence-electron chi connectivity index (χ1n) is 29.9. The van der Waals surface area contributed by atoms with E-state index in [0.29, 0.717) is 24.7 Å². The quantitative estimate of drug-likeness (QED) is 0.134. The molecule has 8 saturated heterocycles. The third-order valence-electron chi connectivity index (χ3n) is 21.6. The number of esters is 2. The Balaban J connectivity index is 0.748. The van der Waals surface area contributed by atoms with E-state index in [2.05, 4.69) is 132 Å². The zero-order valence-corrected chi connectivity index (χ0v) is 48.3. The molecular formula is C65H83N2O12+. The molecule has 16 atom stereocenters. The Morgan fingerprint density at radius 3 is 1.84 bits per heavy atom. The Morgan fingerprint density at radius 2 is 1.22 bits per heavy atom. The van der Waals surface area contributed by atoms with Crippen LogP contribution in [0, 0.1) is 47.3 Å². The van der Waals surface area contributed by atoms with E-state index in [1.54, 1.807) is 0 Å². The smallest absolute Gasteiger partial charge is 0.375 e. The lowest BCUT2D eigenvalue weighted by atomic mass is 9.58. The van der Waals surface area contributed by atoms with Gasteiger partial charge in [0.25, 0.3) is 0 Å². The predicted octanol–water partition coefficient (Wildman–Crippen LogP) is 12.2.